The fourth-order valence-electron chi connectivity index (χ4n) is 7.91. The molecule has 280 valence electrons. The van der Waals surface area contributed by atoms with Crippen molar-refractivity contribution in [2.24, 2.45) is 0 Å². The number of furan rings is 2. The quantitative estimate of drug-likeness (QED) is 0.145. The first-order valence-electron chi connectivity index (χ1n) is 19.8. The van der Waals surface area contributed by atoms with E-state index in [9.17, 15) is 0 Å². The first-order chi connectivity index (χ1) is 28.3. The second kappa shape index (κ2) is 14.3. The van der Waals surface area contributed by atoms with Gasteiger partial charge in [-0.15, -0.1) is 0 Å². The van der Waals surface area contributed by atoms with E-state index in [2.05, 4.69) is 220 Å². The number of hydrogen-bond donors (Lipinski definition) is 0. The Kier molecular flexibility index (Phi) is 8.68. The van der Waals surface area contributed by atoms with Crippen LogP contribution in [-0.2, 0) is 0 Å². The Bertz CT molecular complexity index is 2830. The summed E-state index contributed by atoms with van der Waals surface area (Å²) in [4.78, 5) is 4.62. The van der Waals surface area contributed by atoms with Gasteiger partial charge in [0.15, 0.2) is 0 Å². The lowest BCUT2D eigenvalue weighted by atomic mass is 10.0. The van der Waals surface area contributed by atoms with Crippen LogP contribution in [-0.4, -0.2) is 0 Å². The maximum absolute atomic E-state index is 6.36. The first kappa shape index (κ1) is 35.1. The zero-order chi connectivity index (χ0) is 39.3. The van der Waals surface area contributed by atoms with E-state index in [0.29, 0.717) is 0 Å². The summed E-state index contributed by atoms with van der Waals surface area (Å²) in [5, 5.41) is 4.34. The van der Waals surface area contributed by atoms with Gasteiger partial charge in [-0.1, -0.05) is 95.1 Å². The molecule has 0 radical (unpaired) electrons. The second-order valence-electron chi connectivity index (χ2n) is 15.4. The molecule has 10 aromatic rings. The Morgan fingerprint density at radius 1 is 0.293 bits per heavy atom. The molecule has 10 rings (SSSR count). The molecule has 0 saturated heterocycles. The molecule has 2 aromatic heterocycles. The van der Waals surface area contributed by atoms with Crippen LogP contribution in [0.1, 0.15) is 33.4 Å². The summed E-state index contributed by atoms with van der Waals surface area (Å²) >= 11 is 0. The number of fused-ring (bicyclic) bond motifs is 6. The third kappa shape index (κ3) is 6.59. The minimum absolute atomic E-state index is 0.868. The van der Waals surface area contributed by atoms with Gasteiger partial charge in [-0.05, 0) is 148 Å². The van der Waals surface area contributed by atoms with Crippen molar-refractivity contribution in [2.75, 3.05) is 9.80 Å². The molecule has 0 spiro atoms. The summed E-state index contributed by atoms with van der Waals surface area (Å²) in [6.07, 6.45) is 4.36. The van der Waals surface area contributed by atoms with Crippen LogP contribution in [0.25, 0.3) is 56.0 Å². The Morgan fingerprint density at radius 3 is 0.862 bits per heavy atom. The monoisotopic (exact) mass is 750 g/mol. The van der Waals surface area contributed by atoms with Crippen molar-refractivity contribution in [3.8, 4) is 0 Å². The highest BCUT2D eigenvalue weighted by molar-refractivity contribution is 6.09. The highest BCUT2D eigenvalue weighted by Gasteiger charge is 2.17. The topological polar surface area (TPSA) is 32.8 Å². The lowest BCUT2D eigenvalue weighted by molar-refractivity contribution is 0.668. The number of hydrogen-bond acceptors (Lipinski definition) is 4. The zero-order valence-corrected chi connectivity index (χ0v) is 33.0. The standard InChI is InChI=1S/C54H42N2O2/c1-35-5-17-41(18-6-35)55(42-19-7-36(2)8-20-42)45-25-29-53-49(33-45)47-31-39(15-27-51(47)57-53)13-14-40-16-28-52-48(32-40)50-34-46(26-30-54(50)58-52)56(43-21-9-37(3)10-22-43)44-23-11-38(4)12-24-44/h5-34H,1-4H3. The molecule has 2 heterocycles. The minimum Gasteiger partial charge on any atom is -0.456 e. The van der Waals surface area contributed by atoms with E-state index in [1.807, 2.05) is 0 Å². The molecule has 0 bridgehead atoms. The number of rotatable bonds is 8. The van der Waals surface area contributed by atoms with E-state index in [1.54, 1.807) is 0 Å². The van der Waals surface area contributed by atoms with Gasteiger partial charge in [0, 0.05) is 55.7 Å². The molecule has 58 heavy (non-hydrogen) atoms. The Balaban J connectivity index is 1.00. The summed E-state index contributed by atoms with van der Waals surface area (Å²) in [6.45, 7) is 8.49. The van der Waals surface area contributed by atoms with E-state index >= 15 is 0 Å². The maximum Gasteiger partial charge on any atom is 0.135 e. The lowest BCUT2D eigenvalue weighted by Gasteiger charge is -2.25. The Hall–Kier alpha value is -7.30. The highest BCUT2D eigenvalue weighted by Crippen LogP contribution is 2.41. The predicted octanol–water partition coefficient (Wildman–Crippen LogP) is 15.8. The van der Waals surface area contributed by atoms with E-state index in [1.165, 1.54) is 22.3 Å². The third-order valence-corrected chi connectivity index (χ3v) is 11.1. The van der Waals surface area contributed by atoms with E-state index < -0.39 is 0 Å². The highest BCUT2D eigenvalue weighted by atomic mass is 16.3. The number of aryl methyl sites for hydroxylation is 4. The molecule has 0 aliphatic heterocycles. The molecule has 8 aromatic carbocycles. The van der Waals surface area contributed by atoms with Crippen LogP contribution in [0.3, 0.4) is 0 Å². The van der Waals surface area contributed by atoms with Crippen molar-refractivity contribution in [3.05, 3.63) is 203 Å². The Labute approximate surface area is 338 Å². The maximum atomic E-state index is 6.36. The van der Waals surface area contributed by atoms with Gasteiger partial charge in [0.2, 0.25) is 0 Å². The minimum atomic E-state index is 0.868. The molecule has 0 atom stereocenters. The van der Waals surface area contributed by atoms with Crippen LogP contribution >= 0.6 is 0 Å². The lowest BCUT2D eigenvalue weighted by Crippen LogP contribution is -2.09. The first-order valence-corrected chi connectivity index (χ1v) is 19.8. The van der Waals surface area contributed by atoms with Gasteiger partial charge < -0.3 is 18.6 Å². The van der Waals surface area contributed by atoms with E-state index in [0.717, 1.165) is 89.1 Å². The summed E-state index contributed by atoms with van der Waals surface area (Å²) in [7, 11) is 0. The molecular weight excluding hydrogens is 709 g/mol. The number of anilines is 6. The molecular formula is C54H42N2O2. The van der Waals surface area contributed by atoms with Gasteiger partial charge in [-0.25, -0.2) is 0 Å². The van der Waals surface area contributed by atoms with Gasteiger partial charge in [-0.2, -0.15) is 0 Å². The fourth-order valence-corrected chi connectivity index (χ4v) is 7.91. The van der Waals surface area contributed by atoms with Gasteiger partial charge in [0.25, 0.3) is 0 Å². The molecule has 0 aliphatic carbocycles. The van der Waals surface area contributed by atoms with Crippen molar-refractivity contribution in [3.63, 3.8) is 0 Å². The molecule has 0 aliphatic rings. The Morgan fingerprint density at radius 2 is 0.552 bits per heavy atom. The van der Waals surface area contributed by atoms with Crippen LogP contribution in [0.15, 0.2) is 179 Å². The summed E-state index contributed by atoms with van der Waals surface area (Å²) in [5.74, 6) is 0. The van der Waals surface area contributed by atoms with Crippen LogP contribution in [0.5, 0.6) is 0 Å². The van der Waals surface area contributed by atoms with Gasteiger partial charge in [0.1, 0.15) is 22.3 Å². The van der Waals surface area contributed by atoms with Crippen molar-refractivity contribution in [1.29, 1.82) is 0 Å². The van der Waals surface area contributed by atoms with Crippen LogP contribution < -0.4 is 9.80 Å². The predicted molar refractivity (Wildman–Crippen MR) is 245 cm³/mol. The van der Waals surface area contributed by atoms with Crippen LogP contribution in [0.4, 0.5) is 34.1 Å². The van der Waals surface area contributed by atoms with Crippen molar-refractivity contribution in [1.82, 2.24) is 0 Å². The molecule has 0 N–H and O–H groups in total. The second-order valence-corrected chi connectivity index (χ2v) is 15.4. The van der Waals surface area contributed by atoms with Gasteiger partial charge >= 0.3 is 0 Å². The zero-order valence-electron chi connectivity index (χ0n) is 33.0. The average Bonchev–Trinajstić information content (AvgIpc) is 3.80. The van der Waals surface area contributed by atoms with E-state index in [4.69, 9.17) is 8.83 Å². The van der Waals surface area contributed by atoms with Crippen molar-refractivity contribution in [2.45, 2.75) is 27.7 Å². The molecule has 4 heteroatoms. The largest absolute Gasteiger partial charge is 0.456 e. The fraction of sp³-hybridized carbons (Fsp3) is 0.0741. The molecule has 0 unspecified atom stereocenters. The van der Waals surface area contributed by atoms with Crippen LogP contribution in [0, 0.1) is 27.7 Å². The summed E-state index contributed by atoms with van der Waals surface area (Å²) in [6, 6.07) is 60.6. The van der Waals surface area contributed by atoms with Gasteiger partial charge in [0.05, 0.1) is 0 Å². The summed E-state index contributed by atoms with van der Waals surface area (Å²) in [5.41, 5.74) is 17.2. The average molecular weight is 751 g/mol. The molecule has 4 nitrogen and oxygen atoms in total. The number of nitrogens with zero attached hydrogens (tertiary/aromatic N) is 2. The normalized spacial score (nSPS) is 11.7. The van der Waals surface area contributed by atoms with Crippen molar-refractivity contribution < 1.29 is 8.83 Å². The third-order valence-electron chi connectivity index (χ3n) is 11.1. The summed E-state index contributed by atoms with van der Waals surface area (Å²) < 4.78 is 12.7. The van der Waals surface area contributed by atoms with E-state index in [-0.39, 0.29) is 0 Å². The van der Waals surface area contributed by atoms with Crippen molar-refractivity contribution >= 4 is 90.2 Å². The van der Waals surface area contributed by atoms with Gasteiger partial charge in [-0.3, -0.25) is 0 Å². The SMILES string of the molecule is Cc1ccc(N(c2ccc(C)cc2)c2ccc3oc4ccc(C=Cc5ccc6oc7ccc(N(c8ccc(C)cc8)c8ccc(C)cc8)cc7c6c5)cc4c3c2)cc1. The molecule has 0 saturated carbocycles. The molecule has 0 amide bonds. The number of benzene rings is 8. The smallest absolute Gasteiger partial charge is 0.135 e. The van der Waals surface area contributed by atoms with Crippen LogP contribution in [0.2, 0.25) is 0 Å². The molecule has 0 fully saturated rings.